The zero-order valence-corrected chi connectivity index (χ0v) is 14.9. The van der Waals surface area contributed by atoms with E-state index in [1.807, 2.05) is 0 Å². The first-order valence-corrected chi connectivity index (χ1v) is 9.48. The largest absolute Gasteiger partial charge is 0.303 e. The highest BCUT2D eigenvalue weighted by Crippen LogP contribution is 2.13. The number of isothiocyanates is 1. The van der Waals surface area contributed by atoms with Crippen LogP contribution >= 0.6 is 12.2 Å². The standard InChI is InChI=1S/C19H33NOS/c21-18-16-14-12-10-8-6-4-2-1-3-5-7-9-11-13-15-17-20-19-22/h15,17-18H,1-14,16H2. The molecule has 0 aromatic carbocycles. The van der Waals surface area contributed by atoms with Gasteiger partial charge >= 0.3 is 0 Å². The number of unbranched alkanes of at least 4 members (excludes halogenated alkanes) is 14. The monoisotopic (exact) mass is 323 g/mol. The molecule has 0 spiro atoms. The van der Waals surface area contributed by atoms with Gasteiger partial charge in [-0.2, -0.15) is 0 Å². The summed E-state index contributed by atoms with van der Waals surface area (Å²) in [5, 5.41) is 2.33. The number of aldehydes is 1. The molecule has 0 aromatic heterocycles. The second-order valence-electron chi connectivity index (χ2n) is 5.95. The minimum absolute atomic E-state index is 0.747. The minimum Gasteiger partial charge on any atom is -0.303 e. The van der Waals surface area contributed by atoms with Crippen LogP contribution in [0.25, 0.3) is 0 Å². The molecule has 0 rings (SSSR count). The van der Waals surface area contributed by atoms with E-state index >= 15 is 0 Å². The minimum atomic E-state index is 0.747. The summed E-state index contributed by atoms with van der Waals surface area (Å²) in [5.74, 6) is 0. The number of thiocarbonyl (C=S) groups is 1. The highest BCUT2D eigenvalue weighted by atomic mass is 32.1. The molecule has 0 heterocycles. The molecule has 0 fully saturated rings. The fraction of sp³-hybridized carbons (Fsp3) is 0.789. The zero-order chi connectivity index (χ0) is 16.1. The van der Waals surface area contributed by atoms with Crippen molar-refractivity contribution in [2.75, 3.05) is 0 Å². The van der Waals surface area contributed by atoms with Gasteiger partial charge in [0.1, 0.15) is 6.29 Å². The number of allylic oxidation sites excluding steroid dienone is 1. The van der Waals surface area contributed by atoms with Gasteiger partial charge in [0, 0.05) is 12.6 Å². The molecule has 0 amide bonds. The Bertz CT molecular complexity index is 309. The van der Waals surface area contributed by atoms with Gasteiger partial charge in [0.05, 0.1) is 5.16 Å². The molecule has 0 aliphatic rings. The maximum atomic E-state index is 10.2. The van der Waals surface area contributed by atoms with E-state index < -0.39 is 0 Å². The average Bonchev–Trinajstić information content (AvgIpc) is 2.54. The third-order valence-corrected chi connectivity index (χ3v) is 4.03. The Morgan fingerprint density at radius 3 is 1.50 bits per heavy atom. The van der Waals surface area contributed by atoms with Gasteiger partial charge in [-0.1, -0.05) is 76.7 Å². The van der Waals surface area contributed by atoms with E-state index in [9.17, 15) is 4.79 Å². The van der Waals surface area contributed by atoms with Crippen molar-refractivity contribution >= 4 is 23.7 Å². The summed E-state index contributed by atoms with van der Waals surface area (Å²) >= 11 is 4.49. The summed E-state index contributed by atoms with van der Waals surface area (Å²) in [5.41, 5.74) is 0. The van der Waals surface area contributed by atoms with Gasteiger partial charge in [0.25, 0.3) is 0 Å². The van der Waals surface area contributed by atoms with E-state index in [0.717, 1.165) is 25.5 Å². The van der Waals surface area contributed by atoms with Crippen LogP contribution in [0.5, 0.6) is 0 Å². The van der Waals surface area contributed by atoms with Gasteiger partial charge in [-0.05, 0) is 31.5 Å². The van der Waals surface area contributed by atoms with E-state index in [0.29, 0.717) is 0 Å². The number of carbonyl (C=O) groups is 1. The lowest BCUT2D eigenvalue weighted by atomic mass is 10.0. The summed E-state index contributed by atoms with van der Waals surface area (Å²) in [4.78, 5) is 13.9. The molecule has 0 N–H and O–H groups in total. The number of nitrogens with zero attached hydrogens (tertiary/aromatic N) is 1. The molecule has 0 saturated carbocycles. The third-order valence-electron chi connectivity index (χ3n) is 3.93. The van der Waals surface area contributed by atoms with Gasteiger partial charge in [-0.15, -0.1) is 0 Å². The number of carbonyl (C=O) groups excluding carboxylic acids is 1. The van der Waals surface area contributed by atoms with Gasteiger partial charge in [0.2, 0.25) is 0 Å². The fourth-order valence-corrected chi connectivity index (χ4v) is 2.65. The Labute approximate surface area is 142 Å². The molecule has 126 valence electrons. The van der Waals surface area contributed by atoms with Crippen LogP contribution in [0.1, 0.15) is 96.3 Å². The van der Waals surface area contributed by atoms with Crippen LogP contribution in [0, 0.1) is 0 Å². The Balaban J connectivity index is 3.02. The van der Waals surface area contributed by atoms with Crippen LogP contribution in [0.15, 0.2) is 17.3 Å². The van der Waals surface area contributed by atoms with Crippen molar-refractivity contribution in [3.8, 4) is 0 Å². The number of aliphatic imine (C=N–C) groups is 1. The highest BCUT2D eigenvalue weighted by molar-refractivity contribution is 7.78. The number of rotatable bonds is 17. The summed E-state index contributed by atoms with van der Waals surface area (Å²) in [7, 11) is 0. The van der Waals surface area contributed by atoms with Crippen molar-refractivity contribution in [2.24, 2.45) is 4.99 Å². The second kappa shape index (κ2) is 20.2. The summed E-state index contributed by atoms with van der Waals surface area (Å²) in [6.45, 7) is 0. The molecule has 0 aliphatic carbocycles. The zero-order valence-electron chi connectivity index (χ0n) is 14.1. The number of hydrogen-bond donors (Lipinski definition) is 0. The Morgan fingerprint density at radius 2 is 1.09 bits per heavy atom. The fourth-order valence-electron chi connectivity index (χ4n) is 2.59. The van der Waals surface area contributed by atoms with Crippen molar-refractivity contribution in [1.82, 2.24) is 0 Å². The van der Waals surface area contributed by atoms with Crippen LogP contribution in [-0.2, 0) is 4.79 Å². The Morgan fingerprint density at radius 1 is 0.682 bits per heavy atom. The summed E-state index contributed by atoms with van der Waals surface area (Å²) < 4.78 is 0. The van der Waals surface area contributed by atoms with E-state index in [4.69, 9.17) is 0 Å². The average molecular weight is 324 g/mol. The van der Waals surface area contributed by atoms with Crippen LogP contribution in [-0.4, -0.2) is 11.4 Å². The predicted octanol–water partition coefficient (Wildman–Crippen LogP) is 6.65. The second-order valence-corrected chi connectivity index (χ2v) is 6.13. The van der Waals surface area contributed by atoms with Gasteiger partial charge in [-0.25, -0.2) is 4.99 Å². The first kappa shape index (κ1) is 21.2. The molecule has 0 aromatic rings. The van der Waals surface area contributed by atoms with Gasteiger partial charge in [0.15, 0.2) is 0 Å². The predicted molar refractivity (Wildman–Crippen MR) is 99.5 cm³/mol. The van der Waals surface area contributed by atoms with Gasteiger partial charge in [-0.3, -0.25) is 0 Å². The van der Waals surface area contributed by atoms with Crippen LogP contribution in [0.2, 0.25) is 0 Å². The topological polar surface area (TPSA) is 29.4 Å². The van der Waals surface area contributed by atoms with E-state index in [1.54, 1.807) is 6.20 Å². The van der Waals surface area contributed by atoms with Gasteiger partial charge < -0.3 is 4.79 Å². The lowest BCUT2D eigenvalue weighted by molar-refractivity contribution is -0.107. The molecule has 0 aliphatic heterocycles. The van der Waals surface area contributed by atoms with E-state index in [-0.39, 0.29) is 0 Å². The molecule has 0 bridgehead atoms. The maximum absolute atomic E-state index is 10.2. The van der Waals surface area contributed by atoms with Crippen molar-refractivity contribution in [1.29, 1.82) is 0 Å². The van der Waals surface area contributed by atoms with E-state index in [1.165, 1.54) is 77.0 Å². The van der Waals surface area contributed by atoms with Crippen molar-refractivity contribution in [2.45, 2.75) is 96.3 Å². The Kier molecular flexibility index (Phi) is 19.5. The first-order chi connectivity index (χ1) is 10.9. The molecule has 22 heavy (non-hydrogen) atoms. The van der Waals surface area contributed by atoms with Crippen molar-refractivity contribution in [3.05, 3.63) is 12.3 Å². The van der Waals surface area contributed by atoms with Crippen LogP contribution in [0.4, 0.5) is 0 Å². The van der Waals surface area contributed by atoms with Crippen LogP contribution in [0.3, 0.4) is 0 Å². The summed E-state index contributed by atoms with van der Waals surface area (Å²) in [6.07, 6.45) is 23.9. The number of hydrogen-bond acceptors (Lipinski definition) is 3. The first-order valence-electron chi connectivity index (χ1n) is 9.07. The quantitative estimate of drug-likeness (QED) is 0.130. The highest BCUT2D eigenvalue weighted by Gasteiger charge is 1.94. The molecule has 0 saturated heterocycles. The smallest absolute Gasteiger partial charge is 0.119 e. The molecular weight excluding hydrogens is 290 g/mol. The maximum Gasteiger partial charge on any atom is 0.119 e. The molecule has 0 radical (unpaired) electrons. The molecule has 2 nitrogen and oxygen atoms in total. The molecular formula is C19H33NOS. The lowest BCUT2D eigenvalue weighted by Gasteiger charge is -2.02. The molecule has 0 unspecified atom stereocenters. The summed E-state index contributed by atoms with van der Waals surface area (Å²) in [6, 6.07) is 0. The third kappa shape index (κ3) is 19.2. The van der Waals surface area contributed by atoms with Crippen molar-refractivity contribution in [3.63, 3.8) is 0 Å². The molecule has 3 heteroatoms. The SMILES string of the molecule is O=CCCCCCCCCCCCCCCCC=CN=C=S. The van der Waals surface area contributed by atoms with E-state index in [2.05, 4.69) is 28.4 Å². The van der Waals surface area contributed by atoms with Crippen LogP contribution < -0.4 is 0 Å². The Hall–Kier alpha value is -0.790. The lowest BCUT2D eigenvalue weighted by Crippen LogP contribution is -1.83. The molecule has 0 atom stereocenters. The van der Waals surface area contributed by atoms with Crippen molar-refractivity contribution < 1.29 is 4.79 Å². The normalized spacial score (nSPS) is 10.7.